The maximum atomic E-state index is 10.2. The van der Waals surface area contributed by atoms with Crippen LogP contribution < -0.4 is 0 Å². The summed E-state index contributed by atoms with van der Waals surface area (Å²) >= 11 is 5.86. The van der Waals surface area contributed by atoms with Crippen LogP contribution in [0.2, 0.25) is 5.02 Å². The quantitative estimate of drug-likeness (QED) is 0.898. The molecule has 1 fully saturated rings. The Kier molecular flexibility index (Phi) is 5.64. The molecule has 1 aromatic carbocycles. The molecule has 0 aromatic heterocycles. The molecule has 1 saturated heterocycles. The highest BCUT2D eigenvalue weighted by atomic mass is 35.5. The van der Waals surface area contributed by atoms with Crippen LogP contribution in [-0.2, 0) is 0 Å². The Morgan fingerprint density at radius 1 is 1.11 bits per heavy atom. The Balaban J connectivity index is 1.80. The number of benzene rings is 1. The van der Waals surface area contributed by atoms with Crippen molar-refractivity contribution in [2.45, 2.75) is 19.4 Å². The van der Waals surface area contributed by atoms with Gasteiger partial charge in [-0.25, -0.2) is 0 Å². The maximum Gasteiger partial charge on any atom is 0.0916 e. The van der Waals surface area contributed by atoms with Gasteiger partial charge in [0.05, 0.1) is 6.10 Å². The molecule has 0 saturated carbocycles. The third-order valence-corrected chi connectivity index (χ3v) is 3.94. The van der Waals surface area contributed by atoms with E-state index in [1.807, 2.05) is 24.3 Å². The van der Waals surface area contributed by atoms with E-state index in [1.165, 1.54) is 13.0 Å². The minimum atomic E-state index is -0.421. The largest absolute Gasteiger partial charge is 0.387 e. The van der Waals surface area contributed by atoms with Crippen molar-refractivity contribution in [2.24, 2.45) is 0 Å². The van der Waals surface area contributed by atoms with Crippen molar-refractivity contribution in [2.75, 3.05) is 39.3 Å². The van der Waals surface area contributed by atoms with Crippen molar-refractivity contribution in [1.29, 1.82) is 0 Å². The topological polar surface area (TPSA) is 26.7 Å². The molecule has 0 radical (unpaired) electrons. The first kappa shape index (κ1) is 14.8. The van der Waals surface area contributed by atoms with Crippen LogP contribution in [0.1, 0.15) is 25.0 Å². The molecule has 0 spiro atoms. The number of hydrogen-bond donors (Lipinski definition) is 1. The molecule has 0 amide bonds. The van der Waals surface area contributed by atoms with Crippen LogP contribution in [0.25, 0.3) is 0 Å². The Hall–Kier alpha value is -0.610. The third kappa shape index (κ3) is 4.46. The normalized spacial score (nSPS) is 19.5. The summed E-state index contributed by atoms with van der Waals surface area (Å²) < 4.78 is 0. The molecule has 1 N–H and O–H groups in total. The lowest BCUT2D eigenvalue weighted by Gasteiger charge is -2.35. The first-order valence-corrected chi connectivity index (χ1v) is 7.45. The predicted octanol–water partition coefficient (Wildman–Crippen LogP) is 2.40. The lowest BCUT2D eigenvalue weighted by atomic mass is 10.1. The van der Waals surface area contributed by atoms with Gasteiger partial charge in [-0.05, 0) is 30.7 Å². The van der Waals surface area contributed by atoms with Gasteiger partial charge in [-0.3, -0.25) is 4.90 Å². The number of hydrogen-bond acceptors (Lipinski definition) is 3. The van der Waals surface area contributed by atoms with Gasteiger partial charge in [0.1, 0.15) is 0 Å². The highest BCUT2D eigenvalue weighted by Crippen LogP contribution is 2.18. The van der Waals surface area contributed by atoms with Gasteiger partial charge in [0.25, 0.3) is 0 Å². The molecular weight excluding hydrogens is 260 g/mol. The first-order chi connectivity index (χ1) is 9.19. The van der Waals surface area contributed by atoms with Crippen LogP contribution in [0, 0.1) is 0 Å². The monoisotopic (exact) mass is 282 g/mol. The maximum absolute atomic E-state index is 10.2. The zero-order valence-corrected chi connectivity index (χ0v) is 12.3. The fraction of sp³-hybridized carbons (Fsp3) is 0.600. The van der Waals surface area contributed by atoms with Crippen LogP contribution in [0.3, 0.4) is 0 Å². The summed E-state index contributed by atoms with van der Waals surface area (Å²) in [6.07, 6.45) is 0.794. The smallest absolute Gasteiger partial charge is 0.0916 e. The van der Waals surface area contributed by atoms with E-state index in [2.05, 4.69) is 16.7 Å². The summed E-state index contributed by atoms with van der Waals surface area (Å²) in [5, 5.41) is 10.9. The summed E-state index contributed by atoms with van der Waals surface area (Å²) in [4.78, 5) is 4.83. The van der Waals surface area contributed by atoms with E-state index in [1.54, 1.807) is 0 Å². The summed E-state index contributed by atoms with van der Waals surface area (Å²) in [5.74, 6) is 0. The molecule has 3 nitrogen and oxygen atoms in total. The highest BCUT2D eigenvalue weighted by Gasteiger charge is 2.19. The number of halogens is 1. The molecule has 4 heteroatoms. The molecule has 0 bridgehead atoms. The number of aliphatic hydroxyl groups is 1. The van der Waals surface area contributed by atoms with Crippen molar-refractivity contribution >= 4 is 11.6 Å². The van der Waals surface area contributed by atoms with E-state index < -0.39 is 6.10 Å². The standard InChI is InChI=1S/C15H23ClN2O/c1-2-7-17-8-10-18(11-9-17)12-15(19)13-3-5-14(16)6-4-13/h3-6,15,19H,2,7-12H2,1H3/t15-/m0/s1. The van der Waals surface area contributed by atoms with Crippen LogP contribution in [0.4, 0.5) is 0 Å². The predicted molar refractivity (Wildman–Crippen MR) is 79.6 cm³/mol. The van der Waals surface area contributed by atoms with E-state index in [4.69, 9.17) is 11.6 Å². The SMILES string of the molecule is CCCN1CCN(C[C@H](O)c2ccc(Cl)cc2)CC1. The lowest BCUT2D eigenvalue weighted by molar-refractivity contribution is 0.0726. The van der Waals surface area contributed by atoms with E-state index in [0.29, 0.717) is 11.6 Å². The van der Waals surface area contributed by atoms with E-state index in [-0.39, 0.29) is 0 Å². The van der Waals surface area contributed by atoms with Gasteiger partial charge in [0, 0.05) is 37.7 Å². The first-order valence-electron chi connectivity index (χ1n) is 7.07. The van der Waals surface area contributed by atoms with Gasteiger partial charge < -0.3 is 10.0 Å². The second-order valence-corrected chi connectivity index (χ2v) is 5.65. The minimum absolute atomic E-state index is 0.421. The average molecular weight is 283 g/mol. The Morgan fingerprint density at radius 2 is 1.68 bits per heavy atom. The second-order valence-electron chi connectivity index (χ2n) is 5.21. The van der Waals surface area contributed by atoms with Gasteiger partial charge >= 0.3 is 0 Å². The van der Waals surface area contributed by atoms with Crippen molar-refractivity contribution < 1.29 is 5.11 Å². The molecule has 1 aliphatic heterocycles. The highest BCUT2D eigenvalue weighted by molar-refractivity contribution is 6.30. The van der Waals surface area contributed by atoms with Crippen molar-refractivity contribution in [1.82, 2.24) is 9.80 Å². The van der Waals surface area contributed by atoms with Gasteiger partial charge in [-0.2, -0.15) is 0 Å². The Labute approximate surface area is 120 Å². The number of aliphatic hydroxyl groups excluding tert-OH is 1. The second kappa shape index (κ2) is 7.25. The van der Waals surface area contributed by atoms with Gasteiger partial charge in [0.2, 0.25) is 0 Å². The van der Waals surface area contributed by atoms with Crippen LogP contribution >= 0.6 is 11.6 Å². The molecule has 0 aliphatic carbocycles. The summed E-state index contributed by atoms with van der Waals surface area (Å²) in [6.45, 7) is 8.43. The molecule has 1 aromatic rings. The third-order valence-electron chi connectivity index (χ3n) is 3.69. The van der Waals surface area contributed by atoms with Crippen molar-refractivity contribution in [3.05, 3.63) is 34.9 Å². The van der Waals surface area contributed by atoms with Crippen molar-refractivity contribution in [3.63, 3.8) is 0 Å². The molecule has 1 heterocycles. The van der Waals surface area contributed by atoms with Crippen LogP contribution in [0.15, 0.2) is 24.3 Å². The zero-order chi connectivity index (χ0) is 13.7. The van der Waals surface area contributed by atoms with Gasteiger partial charge in [0.15, 0.2) is 0 Å². The Bertz CT molecular complexity index is 374. The lowest BCUT2D eigenvalue weighted by Crippen LogP contribution is -2.47. The number of nitrogens with zero attached hydrogens (tertiary/aromatic N) is 2. The molecule has 19 heavy (non-hydrogen) atoms. The number of rotatable bonds is 5. The molecule has 106 valence electrons. The molecule has 0 unspecified atom stereocenters. The van der Waals surface area contributed by atoms with E-state index >= 15 is 0 Å². The fourth-order valence-corrected chi connectivity index (χ4v) is 2.67. The minimum Gasteiger partial charge on any atom is -0.387 e. The number of piperazine rings is 1. The Morgan fingerprint density at radius 3 is 2.26 bits per heavy atom. The fourth-order valence-electron chi connectivity index (χ4n) is 2.55. The molecule has 2 rings (SSSR count). The van der Waals surface area contributed by atoms with Crippen LogP contribution in [-0.4, -0.2) is 54.2 Å². The number of β-amino-alcohol motifs (C(OH)–C–C–N with tert-alkyl or cyclic N) is 1. The van der Waals surface area contributed by atoms with E-state index in [9.17, 15) is 5.11 Å². The van der Waals surface area contributed by atoms with E-state index in [0.717, 1.165) is 31.7 Å². The van der Waals surface area contributed by atoms with Crippen molar-refractivity contribution in [3.8, 4) is 0 Å². The molecule has 1 atom stereocenters. The summed E-state index contributed by atoms with van der Waals surface area (Å²) in [6, 6.07) is 7.47. The summed E-state index contributed by atoms with van der Waals surface area (Å²) in [5.41, 5.74) is 0.945. The molecular formula is C15H23ClN2O. The zero-order valence-electron chi connectivity index (χ0n) is 11.6. The average Bonchev–Trinajstić information content (AvgIpc) is 2.42. The van der Waals surface area contributed by atoms with Gasteiger partial charge in [-0.15, -0.1) is 0 Å². The molecule has 1 aliphatic rings. The summed E-state index contributed by atoms with van der Waals surface area (Å²) in [7, 11) is 0. The van der Waals surface area contributed by atoms with Gasteiger partial charge in [-0.1, -0.05) is 30.7 Å². The van der Waals surface area contributed by atoms with Crippen LogP contribution in [0.5, 0.6) is 0 Å².